The molecular formula is C36H42F4N4O8. The Kier molecular flexibility index (Phi) is 13.8. The predicted octanol–water partition coefficient (Wildman–Crippen LogP) is 5.55. The first-order valence-electron chi connectivity index (χ1n) is 16.8. The number of carbonyl (C=O) groups excluding carboxylic acids is 4. The van der Waals surface area contributed by atoms with E-state index in [1.165, 1.54) is 23.1 Å². The van der Waals surface area contributed by atoms with Crippen LogP contribution in [0.1, 0.15) is 62.0 Å². The van der Waals surface area contributed by atoms with E-state index >= 15 is 0 Å². The molecule has 3 amide bonds. The Morgan fingerprint density at radius 2 is 1.92 bits per heavy atom. The lowest BCUT2D eigenvalue weighted by atomic mass is 9.93. The average Bonchev–Trinajstić information content (AvgIpc) is 3.76. The summed E-state index contributed by atoms with van der Waals surface area (Å²) in [7, 11) is 0. The van der Waals surface area contributed by atoms with Gasteiger partial charge in [-0.05, 0) is 50.1 Å². The van der Waals surface area contributed by atoms with E-state index in [1.807, 2.05) is 0 Å². The fourth-order valence-corrected chi connectivity index (χ4v) is 5.83. The Morgan fingerprint density at radius 3 is 2.63 bits per heavy atom. The molecule has 0 radical (unpaired) electrons. The molecule has 4 rings (SSSR count). The number of carbonyl (C=O) groups is 4. The Balaban J connectivity index is 1.52. The van der Waals surface area contributed by atoms with Gasteiger partial charge in [0.2, 0.25) is 5.91 Å². The first kappa shape index (κ1) is 39.8. The molecule has 52 heavy (non-hydrogen) atoms. The van der Waals surface area contributed by atoms with Crippen molar-refractivity contribution in [3.63, 3.8) is 0 Å². The number of amides is 3. The molecule has 1 aromatic carbocycles. The number of cyclic esters (lactones) is 1. The minimum absolute atomic E-state index is 0.0482. The second-order valence-corrected chi connectivity index (χ2v) is 12.8. The number of aliphatic hydroxyl groups excluding tert-OH is 1. The summed E-state index contributed by atoms with van der Waals surface area (Å²) in [6.07, 6.45) is -0.240. The van der Waals surface area contributed by atoms with Crippen LogP contribution in [-0.2, 0) is 31.7 Å². The number of nitrogens with zero attached hydrogens (tertiary/aromatic N) is 2. The molecular weight excluding hydrogens is 692 g/mol. The third-order valence-electron chi connectivity index (χ3n) is 8.50. The van der Waals surface area contributed by atoms with Gasteiger partial charge in [0.05, 0.1) is 24.7 Å². The number of hydrogen-bond donors (Lipinski definition) is 3. The number of allylic oxidation sites excluding steroid dienone is 2. The topological polar surface area (TPSA) is 160 Å². The molecule has 3 heterocycles. The Bertz CT molecular complexity index is 1660. The number of benzene rings is 1. The first-order valence-corrected chi connectivity index (χ1v) is 16.8. The number of nitrogens with one attached hydrogen (secondary N) is 2. The first-order chi connectivity index (χ1) is 24.6. The number of rotatable bonds is 4. The molecule has 282 valence electrons. The number of aliphatic hydroxyl groups is 1. The number of halogens is 4. The largest absolute Gasteiger partial charge is 0.460 e. The standard InChI is InChI=1S/C36H42F4N4O8/c1-21-6-4-14-41-30(46)13-8-22(2)32(23(3)19-51-35(49)42-26-11-9-24(10-12-26)36(38,39)40)52-34(48)29-7-5-15-44(29)33(47)28-20-50-31(43-28)18-25(37)17-27(45)16-21/h4,6,8-13,16,20,22-23,25,27,29,32,45H,5,7,14-15,17-19H2,1-3H3,(H,41,46)(H,42,49)/b6-4?,13-8+,21-16?/t22-,23-,25-,27-,29-,32+/m1/s1. The van der Waals surface area contributed by atoms with Gasteiger partial charge in [-0.1, -0.05) is 43.7 Å². The van der Waals surface area contributed by atoms with Gasteiger partial charge in [0, 0.05) is 37.0 Å². The highest BCUT2D eigenvalue weighted by Crippen LogP contribution is 2.30. The molecule has 1 saturated heterocycles. The van der Waals surface area contributed by atoms with Crippen molar-refractivity contribution >= 4 is 29.6 Å². The molecule has 1 fully saturated rings. The number of aromatic nitrogens is 1. The molecule has 1 aromatic heterocycles. The highest BCUT2D eigenvalue weighted by Gasteiger charge is 2.39. The van der Waals surface area contributed by atoms with Crippen LogP contribution in [-0.4, -0.2) is 83.0 Å². The highest BCUT2D eigenvalue weighted by atomic mass is 19.4. The predicted molar refractivity (Wildman–Crippen MR) is 179 cm³/mol. The van der Waals surface area contributed by atoms with Crippen LogP contribution in [0.2, 0.25) is 0 Å². The lowest BCUT2D eigenvalue weighted by Gasteiger charge is -2.30. The third-order valence-corrected chi connectivity index (χ3v) is 8.50. The number of oxazole rings is 1. The zero-order valence-corrected chi connectivity index (χ0v) is 28.9. The van der Waals surface area contributed by atoms with E-state index in [0.29, 0.717) is 12.0 Å². The van der Waals surface area contributed by atoms with Crippen LogP contribution >= 0.6 is 0 Å². The Hall–Kier alpha value is -4.99. The molecule has 16 heteroatoms. The van der Waals surface area contributed by atoms with E-state index < -0.39 is 71.9 Å². The number of anilines is 1. The van der Waals surface area contributed by atoms with Gasteiger partial charge in [-0.15, -0.1) is 0 Å². The molecule has 2 aliphatic heterocycles. The molecule has 2 aliphatic rings. The zero-order valence-electron chi connectivity index (χ0n) is 28.9. The van der Waals surface area contributed by atoms with Crippen LogP contribution < -0.4 is 10.6 Å². The maximum atomic E-state index is 14.8. The van der Waals surface area contributed by atoms with Crippen molar-refractivity contribution in [1.29, 1.82) is 0 Å². The number of esters is 1. The molecule has 12 nitrogen and oxygen atoms in total. The van der Waals surface area contributed by atoms with Gasteiger partial charge in [0.15, 0.2) is 11.6 Å². The fourth-order valence-electron chi connectivity index (χ4n) is 5.83. The van der Waals surface area contributed by atoms with Crippen molar-refractivity contribution in [3.8, 4) is 0 Å². The summed E-state index contributed by atoms with van der Waals surface area (Å²) in [5.41, 5.74) is -0.309. The van der Waals surface area contributed by atoms with E-state index in [0.717, 1.165) is 30.5 Å². The maximum absolute atomic E-state index is 14.8. The summed E-state index contributed by atoms with van der Waals surface area (Å²) in [4.78, 5) is 57.6. The number of hydrogen-bond acceptors (Lipinski definition) is 9. The maximum Gasteiger partial charge on any atom is 0.416 e. The van der Waals surface area contributed by atoms with Crippen LogP contribution in [0.15, 0.2) is 70.9 Å². The van der Waals surface area contributed by atoms with Crippen molar-refractivity contribution in [2.24, 2.45) is 11.8 Å². The summed E-state index contributed by atoms with van der Waals surface area (Å²) in [5, 5.41) is 15.4. The molecule has 0 spiro atoms. The number of ether oxygens (including phenoxy) is 2. The van der Waals surface area contributed by atoms with Crippen molar-refractivity contribution < 1.29 is 55.7 Å². The van der Waals surface area contributed by atoms with E-state index in [9.17, 15) is 41.8 Å². The lowest BCUT2D eigenvalue weighted by Crippen LogP contribution is -2.44. The summed E-state index contributed by atoms with van der Waals surface area (Å²) in [5.74, 6) is -3.13. The molecule has 2 aromatic rings. The van der Waals surface area contributed by atoms with Gasteiger partial charge in [-0.3, -0.25) is 14.9 Å². The van der Waals surface area contributed by atoms with Crippen LogP contribution in [0, 0.1) is 11.8 Å². The smallest absolute Gasteiger partial charge is 0.416 e. The Morgan fingerprint density at radius 1 is 1.19 bits per heavy atom. The van der Waals surface area contributed by atoms with Crippen LogP contribution in [0.4, 0.5) is 28.0 Å². The van der Waals surface area contributed by atoms with Gasteiger partial charge in [0.1, 0.15) is 24.6 Å². The lowest BCUT2D eigenvalue weighted by molar-refractivity contribution is -0.159. The molecule has 2 bridgehead atoms. The normalized spacial score (nSPS) is 25.3. The summed E-state index contributed by atoms with van der Waals surface area (Å²) < 4.78 is 70.1. The average molecular weight is 735 g/mol. The highest BCUT2D eigenvalue weighted by molar-refractivity contribution is 5.95. The van der Waals surface area contributed by atoms with Gasteiger partial charge in [-0.25, -0.2) is 19.0 Å². The van der Waals surface area contributed by atoms with Crippen molar-refractivity contribution in [1.82, 2.24) is 15.2 Å². The van der Waals surface area contributed by atoms with E-state index in [1.54, 1.807) is 32.9 Å². The van der Waals surface area contributed by atoms with E-state index in [-0.39, 0.29) is 56.2 Å². The SMILES string of the molecule is CC1=C[C@@H](O)C[C@@H](F)Cc2nc(co2)C(=O)N2CCC[C@@H]2C(=O)O[C@H]([C@H](C)COC(=O)Nc2ccc(C(F)(F)F)cc2)[C@H](C)/C=C/C(=O)NCC=C1. The third kappa shape index (κ3) is 11.5. The van der Waals surface area contributed by atoms with E-state index in [2.05, 4.69) is 15.6 Å². The number of alkyl halides is 4. The second-order valence-electron chi connectivity index (χ2n) is 12.8. The minimum atomic E-state index is -4.54. The Labute approximate surface area is 297 Å². The van der Waals surface area contributed by atoms with Crippen molar-refractivity contribution in [3.05, 3.63) is 83.6 Å². The van der Waals surface area contributed by atoms with Crippen LogP contribution in [0.3, 0.4) is 0 Å². The van der Waals surface area contributed by atoms with Gasteiger partial charge in [0.25, 0.3) is 5.91 Å². The summed E-state index contributed by atoms with van der Waals surface area (Å²) >= 11 is 0. The van der Waals surface area contributed by atoms with Crippen LogP contribution in [0.25, 0.3) is 0 Å². The van der Waals surface area contributed by atoms with Gasteiger partial charge >= 0.3 is 18.2 Å². The molecule has 0 aliphatic carbocycles. The molecule has 0 unspecified atom stereocenters. The minimum Gasteiger partial charge on any atom is -0.460 e. The number of fused-ring (bicyclic) bond motifs is 3. The summed E-state index contributed by atoms with van der Waals surface area (Å²) in [6.45, 7) is 5.10. The fraction of sp³-hybridized carbons (Fsp3) is 0.472. The quantitative estimate of drug-likeness (QED) is 0.270. The van der Waals surface area contributed by atoms with Gasteiger partial charge < -0.3 is 29.2 Å². The second kappa shape index (κ2) is 18.0. The van der Waals surface area contributed by atoms with Crippen molar-refractivity contribution in [2.75, 3.05) is 25.0 Å². The van der Waals surface area contributed by atoms with Crippen LogP contribution in [0.5, 0.6) is 0 Å². The van der Waals surface area contributed by atoms with E-state index in [4.69, 9.17) is 13.9 Å². The monoisotopic (exact) mass is 734 g/mol. The van der Waals surface area contributed by atoms with Crippen molar-refractivity contribution in [2.45, 2.75) is 77.1 Å². The summed E-state index contributed by atoms with van der Waals surface area (Å²) in [6, 6.07) is 2.79. The molecule has 6 atom stereocenters. The molecule has 0 saturated carbocycles. The zero-order chi connectivity index (χ0) is 38.0. The molecule has 3 N–H and O–H groups in total. The van der Waals surface area contributed by atoms with Gasteiger partial charge in [-0.2, -0.15) is 13.2 Å².